The molecule has 84 valence electrons. The smallest absolute Gasteiger partial charge is 0.292 e. The van der Waals surface area contributed by atoms with Crippen LogP contribution in [0.25, 0.3) is 0 Å². The van der Waals surface area contributed by atoms with E-state index in [0.717, 1.165) is 12.8 Å². The fraction of sp³-hybridized carbons (Fsp3) is 0.545. The van der Waals surface area contributed by atoms with Gasteiger partial charge in [-0.1, -0.05) is 0 Å². The number of hydrogen-bond donors (Lipinski definition) is 0. The van der Waals surface area contributed by atoms with Crippen LogP contribution >= 0.6 is 0 Å². The van der Waals surface area contributed by atoms with Gasteiger partial charge in [0.15, 0.2) is 5.89 Å². The standard InChI is InChI=1S/C11H13N3O2/c1-7-10(16-8(2)13-7)11(15)14-5-3-4-9(14)6-12/h9H,3-5H2,1-2H3. The molecule has 5 heteroatoms. The maximum Gasteiger partial charge on any atom is 0.292 e. The monoisotopic (exact) mass is 219 g/mol. The minimum atomic E-state index is -0.322. The van der Waals surface area contributed by atoms with Gasteiger partial charge in [0, 0.05) is 13.5 Å². The molecule has 1 unspecified atom stereocenters. The lowest BCUT2D eigenvalue weighted by molar-refractivity contribution is 0.0730. The Morgan fingerprint density at radius 3 is 2.94 bits per heavy atom. The van der Waals surface area contributed by atoms with E-state index in [9.17, 15) is 4.79 Å². The summed E-state index contributed by atoms with van der Waals surface area (Å²) in [5.74, 6) is 0.523. The van der Waals surface area contributed by atoms with Crippen molar-refractivity contribution in [2.75, 3.05) is 6.54 Å². The Kier molecular flexibility index (Phi) is 2.65. The van der Waals surface area contributed by atoms with Gasteiger partial charge < -0.3 is 9.32 Å². The maximum absolute atomic E-state index is 12.1. The molecule has 1 saturated heterocycles. The van der Waals surface area contributed by atoms with Crippen LogP contribution in [0, 0.1) is 25.2 Å². The van der Waals surface area contributed by atoms with Crippen molar-refractivity contribution < 1.29 is 9.21 Å². The van der Waals surface area contributed by atoms with Gasteiger partial charge in [-0.05, 0) is 19.8 Å². The Hall–Kier alpha value is -1.83. The van der Waals surface area contributed by atoms with Crippen LogP contribution in [-0.2, 0) is 0 Å². The van der Waals surface area contributed by atoms with Crippen molar-refractivity contribution in [3.8, 4) is 6.07 Å². The average molecular weight is 219 g/mol. The van der Waals surface area contributed by atoms with Gasteiger partial charge in [0.25, 0.3) is 5.91 Å². The molecule has 0 aliphatic carbocycles. The van der Waals surface area contributed by atoms with E-state index < -0.39 is 0 Å². The molecule has 2 heterocycles. The number of carbonyl (C=O) groups excluding carboxylic acids is 1. The fourth-order valence-electron chi connectivity index (χ4n) is 2.00. The number of oxazole rings is 1. The first kappa shape index (κ1) is 10.7. The van der Waals surface area contributed by atoms with E-state index in [1.54, 1.807) is 18.7 Å². The van der Waals surface area contributed by atoms with Crippen LogP contribution < -0.4 is 0 Å². The van der Waals surface area contributed by atoms with E-state index in [4.69, 9.17) is 9.68 Å². The fourth-order valence-corrected chi connectivity index (χ4v) is 2.00. The summed E-state index contributed by atoms with van der Waals surface area (Å²) in [6, 6.07) is 1.81. The van der Waals surface area contributed by atoms with Gasteiger partial charge in [-0.15, -0.1) is 0 Å². The normalized spacial score (nSPS) is 19.8. The summed E-state index contributed by atoms with van der Waals surface area (Å²) in [4.78, 5) is 17.7. The van der Waals surface area contributed by atoms with Crippen LogP contribution in [0.3, 0.4) is 0 Å². The van der Waals surface area contributed by atoms with Gasteiger partial charge in [0.1, 0.15) is 6.04 Å². The summed E-state index contributed by atoms with van der Waals surface area (Å²) in [6.07, 6.45) is 1.62. The molecule has 1 fully saturated rings. The highest BCUT2D eigenvalue weighted by Crippen LogP contribution is 2.21. The topological polar surface area (TPSA) is 70.1 Å². The third-order valence-corrected chi connectivity index (χ3v) is 2.76. The molecular weight excluding hydrogens is 206 g/mol. The van der Waals surface area contributed by atoms with Gasteiger partial charge in [-0.2, -0.15) is 5.26 Å². The van der Waals surface area contributed by atoms with Crippen molar-refractivity contribution in [3.63, 3.8) is 0 Å². The lowest BCUT2D eigenvalue weighted by atomic mass is 10.2. The van der Waals surface area contributed by atoms with Crippen LogP contribution in [0.1, 0.15) is 35.0 Å². The number of hydrogen-bond acceptors (Lipinski definition) is 4. The van der Waals surface area contributed by atoms with Crippen LogP contribution in [0.2, 0.25) is 0 Å². The molecule has 5 nitrogen and oxygen atoms in total. The lowest BCUT2D eigenvalue weighted by Gasteiger charge is -2.17. The summed E-state index contributed by atoms with van der Waals surface area (Å²) < 4.78 is 5.27. The van der Waals surface area contributed by atoms with Crippen LogP contribution in [0.5, 0.6) is 0 Å². The molecule has 1 aliphatic rings. The zero-order valence-electron chi connectivity index (χ0n) is 9.36. The van der Waals surface area contributed by atoms with E-state index >= 15 is 0 Å². The summed E-state index contributed by atoms with van der Waals surface area (Å²) in [5, 5.41) is 8.92. The Balaban J connectivity index is 2.26. The highest BCUT2D eigenvalue weighted by Gasteiger charge is 2.32. The zero-order valence-corrected chi connectivity index (χ0v) is 9.36. The molecule has 1 amide bonds. The Labute approximate surface area is 93.7 Å². The summed E-state index contributed by atoms with van der Waals surface area (Å²) in [6.45, 7) is 4.06. The first-order valence-corrected chi connectivity index (χ1v) is 5.28. The molecule has 0 radical (unpaired) electrons. The number of likely N-dealkylation sites (tertiary alicyclic amines) is 1. The van der Waals surface area contributed by atoms with Gasteiger partial charge in [0.05, 0.1) is 11.8 Å². The molecule has 1 aromatic heterocycles. The largest absolute Gasteiger partial charge is 0.436 e. The lowest BCUT2D eigenvalue weighted by Crippen LogP contribution is -2.34. The van der Waals surface area contributed by atoms with Crippen molar-refractivity contribution in [1.29, 1.82) is 5.26 Å². The molecule has 0 bridgehead atoms. The number of rotatable bonds is 1. The Bertz CT molecular complexity index is 458. The average Bonchev–Trinajstić information content (AvgIpc) is 2.83. The van der Waals surface area contributed by atoms with E-state index in [0.29, 0.717) is 18.1 Å². The van der Waals surface area contributed by atoms with Gasteiger partial charge in [-0.25, -0.2) is 4.98 Å². The van der Waals surface area contributed by atoms with Gasteiger partial charge >= 0.3 is 0 Å². The minimum Gasteiger partial charge on any atom is -0.436 e. The number of amides is 1. The Morgan fingerprint density at radius 2 is 2.38 bits per heavy atom. The highest BCUT2D eigenvalue weighted by molar-refractivity contribution is 5.93. The number of nitrogens with zero attached hydrogens (tertiary/aromatic N) is 3. The molecule has 1 aliphatic heterocycles. The van der Waals surface area contributed by atoms with E-state index in [-0.39, 0.29) is 17.7 Å². The molecule has 0 spiro atoms. The molecule has 0 N–H and O–H groups in total. The quantitative estimate of drug-likeness (QED) is 0.716. The van der Waals surface area contributed by atoms with Crippen molar-refractivity contribution in [2.24, 2.45) is 0 Å². The van der Waals surface area contributed by atoms with Crippen molar-refractivity contribution in [2.45, 2.75) is 32.7 Å². The summed E-state index contributed by atoms with van der Waals surface area (Å²) >= 11 is 0. The maximum atomic E-state index is 12.1. The molecule has 16 heavy (non-hydrogen) atoms. The number of carbonyl (C=O) groups is 1. The number of aryl methyl sites for hydroxylation is 2. The molecule has 1 aromatic rings. The zero-order chi connectivity index (χ0) is 11.7. The second kappa shape index (κ2) is 3.97. The molecular formula is C11H13N3O2. The predicted molar refractivity (Wildman–Crippen MR) is 55.6 cm³/mol. The van der Waals surface area contributed by atoms with Crippen molar-refractivity contribution in [3.05, 3.63) is 17.3 Å². The van der Waals surface area contributed by atoms with Gasteiger partial charge in [0.2, 0.25) is 5.76 Å². The third kappa shape index (κ3) is 1.67. The second-order valence-electron chi connectivity index (χ2n) is 3.93. The third-order valence-electron chi connectivity index (χ3n) is 2.76. The van der Waals surface area contributed by atoms with Crippen molar-refractivity contribution in [1.82, 2.24) is 9.88 Å². The molecule has 1 atom stereocenters. The molecule has 0 aromatic carbocycles. The molecule has 2 rings (SSSR count). The number of nitriles is 1. The summed E-state index contributed by atoms with van der Waals surface area (Å²) in [7, 11) is 0. The van der Waals surface area contributed by atoms with E-state index in [1.165, 1.54) is 0 Å². The highest BCUT2D eigenvalue weighted by atomic mass is 16.4. The van der Waals surface area contributed by atoms with Crippen LogP contribution in [0.4, 0.5) is 0 Å². The second-order valence-corrected chi connectivity index (χ2v) is 3.93. The van der Waals surface area contributed by atoms with Crippen LogP contribution in [-0.4, -0.2) is 28.4 Å². The minimum absolute atomic E-state index is 0.220. The molecule has 0 saturated carbocycles. The van der Waals surface area contributed by atoms with Crippen molar-refractivity contribution >= 4 is 5.91 Å². The van der Waals surface area contributed by atoms with Crippen LogP contribution in [0.15, 0.2) is 4.42 Å². The Morgan fingerprint density at radius 1 is 1.62 bits per heavy atom. The summed E-state index contributed by atoms with van der Waals surface area (Å²) in [5.41, 5.74) is 0.589. The predicted octanol–water partition coefficient (Wildman–Crippen LogP) is 1.42. The number of aromatic nitrogens is 1. The van der Waals surface area contributed by atoms with E-state index in [2.05, 4.69) is 11.1 Å². The van der Waals surface area contributed by atoms with E-state index in [1.807, 2.05) is 0 Å². The van der Waals surface area contributed by atoms with Gasteiger partial charge in [-0.3, -0.25) is 4.79 Å². The first-order chi connectivity index (χ1) is 7.63. The SMILES string of the molecule is Cc1nc(C)c(C(=O)N2CCCC2C#N)o1. The first-order valence-electron chi connectivity index (χ1n) is 5.28.